The van der Waals surface area contributed by atoms with E-state index < -0.39 is 0 Å². The lowest BCUT2D eigenvalue weighted by Crippen LogP contribution is -2.07. The SMILES string of the molecule is COc1ccc(CCCNc2nc(C)cnc2C)cc1OC. The highest BCUT2D eigenvalue weighted by atomic mass is 16.5. The van der Waals surface area contributed by atoms with Gasteiger partial charge in [-0.25, -0.2) is 4.98 Å². The summed E-state index contributed by atoms with van der Waals surface area (Å²) in [5, 5.41) is 3.35. The van der Waals surface area contributed by atoms with Crippen LogP contribution >= 0.6 is 0 Å². The Hall–Kier alpha value is -2.30. The maximum Gasteiger partial charge on any atom is 0.160 e. The van der Waals surface area contributed by atoms with Crippen LogP contribution in [-0.2, 0) is 6.42 Å². The van der Waals surface area contributed by atoms with E-state index in [1.165, 1.54) is 5.56 Å². The summed E-state index contributed by atoms with van der Waals surface area (Å²) in [4.78, 5) is 8.76. The summed E-state index contributed by atoms with van der Waals surface area (Å²) in [5.41, 5.74) is 3.08. The summed E-state index contributed by atoms with van der Waals surface area (Å²) in [5.74, 6) is 2.40. The van der Waals surface area contributed by atoms with Gasteiger partial charge in [0.1, 0.15) is 5.82 Å². The highest BCUT2D eigenvalue weighted by Gasteiger charge is 2.05. The van der Waals surface area contributed by atoms with E-state index in [9.17, 15) is 0 Å². The van der Waals surface area contributed by atoms with Crippen LogP contribution in [0.4, 0.5) is 5.82 Å². The van der Waals surface area contributed by atoms with E-state index in [1.807, 2.05) is 26.0 Å². The fraction of sp³-hybridized carbons (Fsp3) is 0.412. The number of nitrogens with zero attached hydrogens (tertiary/aromatic N) is 2. The Kier molecular flexibility index (Phi) is 5.58. The lowest BCUT2D eigenvalue weighted by atomic mass is 10.1. The monoisotopic (exact) mass is 301 g/mol. The van der Waals surface area contributed by atoms with Gasteiger partial charge < -0.3 is 14.8 Å². The molecule has 1 N–H and O–H groups in total. The maximum atomic E-state index is 5.32. The molecule has 5 nitrogen and oxygen atoms in total. The first kappa shape index (κ1) is 16.1. The molecule has 0 unspecified atom stereocenters. The van der Waals surface area contributed by atoms with Gasteiger partial charge in [0.15, 0.2) is 11.5 Å². The molecule has 22 heavy (non-hydrogen) atoms. The molecule has 0 aliphatic heterocycles. The fourth-order valence-corrected chi connectivity index (χ4v) is 2.24. The molecule has 0 fully saturated rings. The first-order valence-corrected chi connectivity index (χ1v) is 7.39. The average Bonchev–Trinajstić information content (AvgIpc) is 2.54. The summed E-state index contributed by atoms with van der Waals surface area (Å²) < 4.78 is 10.6. The van der Waals surface area contributed by atoms with Crippen LogP contribution in [0, 0.1) is 13.8 Å². The molecule has 118 valence electrons. The minimum absolute atomic E-state index is 0.759. The van der Waals surface area contributed by atoms with Gasteiger partial charge >= 0.3 is 0 Å². The Bertz CT molecular complexity index is 629. The van der Waals surface area contributed by atoms with Gasteiger partial charge in [0.25, 0.3) is 0 Å². The van der Waals surface area contributed by atoms with Crippen molar-refractivity contribution in [2.45, 2.75) is 26.7 Å². The van der Waals surface area contributed by atoms with E-state index in [0.717, 1.165) is 48.1 Å². The molecule has 5 heteroatoms. The van der Waals surface area contributed by atoms with Crippen LogP contribution in [-0.4, -0.2) is 30.7 Å². The van der Waals surface area contributed by atoms with Gasteiger partial charge in [-0.05, 0) is 44.4 Å². The van der Waals surface area contributed by atoms with Crippen LogP contribution in [0.15, 0.2) is 24.4 Å². The molecule has 0 bridgehead atoms. The number of ether oxygens (including phenoxy) is 2. The second-order valence-corrected chi connectivity index (χ2v) is 5.17. The molecule has 1 aromatic heterocycles. The van der Waals surface area contributed by atoms with Crippen molar-refractivity contribution in [1.82, 2.24) is 9.97 Å². The van der Waals surface area contributed by atoms with Crippen molar-refractivity contribution in [2.24, 2.45) is 0 Å². The zero-order valence-corrected chi connectivity index (χ0v) is 13.6. The molecule has 2 aromatic rings. The van der Waals surface area contributed by atoms with E-state index in [1.54, 1.807) is 20.4 Å². The Morgan fingerprint density at radius 3 is 2.59 bits per heavy atom. The van der Waals surface area contributed by atoms with E-state index >= 15 is 0 Å². The van der Waals surface area contributed by atoms with Crippen LogP contribution < -0.4 is 14.8 Å². The predicted molar refractivity (Wildman–Crippen MR) is 87.9 cm³/mol. The van der Waals surface area contributed by atoms with E-state index in [4.69, 9.17) is 9.47 Å². The quantitative estimate of drug-likeness (QED) is 0.796. The zero-order chi connectivity index (χ0) is 15.9. The summed E-state index contributed by atoms with van der Waals surface area (Å²) in [6.45, 7) is 4.76. The summed E-state index contributed by atoms with van der Waals surface area (Å²) >= 11 is 0. The molecule has 0 saturated heterocycles. The third kappa shape index (κ3) is 4.10. The number of hydrogen-bond donors (Lipinski definition) is 1. The van der Waals surface area contributed by atoms with Crippen molar-refractivity contribution in [3.63, 3.8) is 0 Å². The molecule has 0 aliphatic carbocycles. The molecule has 1 aromatic carbocycles. The lowest BCUT2D eigenvalue weighted by Gasteiger charge is -2.11. The standard InChI is InChI=1S/C17H23N3O2/c1-12-11-19-13(2)17(20-12)18-9-5-6-14-7-8-15(21-3)16(10-14)22-4/h7-8,10-11H,5-6,9H2,1-4H3,(H,18,20). The topological polar surface area (TPSA) is 56.3 Å². The van der Waals surface area contributed by atoms with Gasteiger partial charge in [0.2, 0.25) is 0 Å². The smallest absolute Gasteiger partial charge is 0.160 e. The minimum atomic E-state index is 0.759. The van der Waals surface area contributed by atoms with Crippen molar-refractivity contribution in [3.8, 4) is 11.5 Å². The molecule has 0 saturated carbocycles. The van der Waals surface area contributed by atoms with Crippen LogP contribution in [0.2, 0.25) is 0 Å². The van der Waals surface area contributed by atoms with Gasteiger partial charge in [0.05, 0.1) is 25.6 Å². The molecule has 2 rings (SSSR count). The number of aromatic nitrogens is 2. The summed E-state index contributed by atoms with van der Waals surface area (Å²) in [7, 11) is 3.30. The van der Waals surface area contributed by atoms with Crippen LogP contribution in [0.3, 0.4) is 0 Å². The van der Waals surface area contributed by atoms with Crippen molar-refractivity contribution < 1.29 is 9.47 Å². The maximum absolute atomic E-state index is 5.32. The Morgan fingerprint density at radius 2 is 1.86 bits per heavy atom. The van der Waals surface area contributed by atoms with Crippen LogP contribution in [0.5, 0.6) is 11.5 Å². The van der Waals surface area contributed by atoms with E-state index in [2.05, 4.69) is 21.4 Å². The highest BCUT2D eigenvalue weighted by molar-refractivity contribution is 5.43. The van der Waals surface area contributed by atoms with Gasteiger partial charge in [-0.1, -0.05) is 6.07 Å². The second kappa shape index (κ2) is 7.64. The number of nitrogens with one attached hydrogen (secondary N) is 1. The molecular weight excluding hydrogens is 278 g/mol. The first-order chi connectivity index (χ1) is 10.6. The molecule has 0 spiro atoms. The molecular formula is C17H23N3O2. The predicted octanol–water partition coefficient (Wildman–Crippen LogP) is 3.16. The van der Waals surface area contributed by atoms with Crippen molar-refractivity contribution in [3.05, 3.63) is 41.3 Å². The number of aryl methyl sites for hydroxylation is 3. The highest BCUT2D eigenvalue weighted by Crippen LogP contribution is 2.27. The number of methoxy groups -OCH3 is 2. The van der Waals surface area contributed by atoms with Crippen molar-refractivity contribution in [2.75, 3.05) is 26.1 Å². The van der Waals surface area contributed by atoms with Crippen molar-refractivity contribution in [1.29, 1.82) is 0 Å². The lowest BCUT2D eigenvalue weighted by molar-refractivity contribution is 0.354. The van der Waals surface area contributed by atoms with Crippen LogP contribution in [0.1, 0.15) is 23.4 Å². The van der Waals surface area contributed by atoms with Crippen molar-refractivity contribution >= 4 is 5.82 Å². The molecule has 0 amide bonds. The van der Waals surface area contributed by atoms with Gasteiger partial charge in [-0.2, -0.15) is 0 Å². The Labute approximate surface area is 131 Å². The second-order valence-electron chi connectivity index (χ2n) is 5.17. The minimum Gasteiger partial charge on any atom is -0.493 e. The third-order valence-electron chi connectivity index (χ3n) is 3.46. The molecule has 0 aliphatic rings. The number of anilines is 1. The summed E-state index contributed by atoms with van der Waals surface area (Å²) in [6, 6.07) is 6.04. The number of benzene rings is 1. The Morgan fingerprint density at radius 1 is 1.09 bits per heavy atom. The number of rotatable bonds is 7. The van der Waals surface area contributed by atoms with Gasteiger partial charge in [-0.3, -0.25) is 4.98 Å². The largest absolute Gasteiger partial charge is 0.493 e. The molecule has 1 heterocycles. The normalized spacial score (nSPS) is 10.4. The number of hydrogen-bond acceptors (Lipinski definition) is 5. The van der Waals surface area contributed by atoms with Gasteiger partial charge in [0, 0.05) is 12.7 Å². The average molecular weight is 301 g/mol. The summed E-state index contributed by atoms with van der Waals surface area (Å²) in [6.07, 6.45) is 3.75. The van der Waals surface area contributed by atoms with Crippen LogP contribution in [0.25, 0.3) is 0 Å². The first-order valence-electron chi connectivity index (χ1n) is 7.39. The fourth-order valence-electron chi connectivity index (χ4n) is 2.24. The zero-order valence-electron chi connectivity index (χ0n) is 13.6. The Balaban J connectivity index is 1.87. The van der Waals surface area contributed by atoms with E-state index in [0.29, 0.717) is 0 Å². The molecule has 0 atom stereocenters. The third-order valence-corrected chi connectivity index (χ3v) is 3.46. The van der Waals surface area contributed by atoms with E-state index in [-0.39, 0.29) is 0 Å². The van der Waals surface area contributed by atoms with Gasteiger partial charge in [-0.15, -0.1) is 0 Å². The molecule has 0 radical (unpaired) electrons.